The van der Waals surface area contributed by atoms with Crippen molar-refractivity contribution in [2.45, 2.75) is 18.9 Å². The maximum Gasteiger partial charge on any atom is 0.404 e. The number of hydrogen-bond donors (Lipinski definition) is 3. The third kappa shape index (κ3) is 3.46. The molecule has 2 unspecified atom stereocenters. The van der Waals surface area contributed by atoms with Crippen LogP contribution in [0.3, 0.4) is 0 Å². The van der Waals surface area contributed by atoms with E-state index in [1.165, 1.54) is 5.56 Å². The minimum atomic E-state index is -0.933. The van der Waals surface area contributed by atoms with Gasteiger partial charge >= 0.3 is 6.09 Å². The van der Waals surface area contributed by atoms with Crippen molar-refractivity contribution in [3.8, 4) is 0 Å². The predicted octanol–water partition coefficient (Wildman–Crippen LogP) is 1.47. The molecule has 0 radical (unpaired) electrons. The molecule has 4 heteroatoms. The van der Waals surface area contributed by atoms with Crippen LogP contribution < -0.4 is 10.6 Å². The SMILES string of the molecule is O=C(O)NC(Cc1ccccc1)C1CCNC1. The summed E-state index contributed by atoms with van der Waals surface area (Å²) in [5.41, 5.74) is 1.18. The first kappa shape index (κ1) is 11.9. The van der Waals surface area contributed by atoms with E-state index in [1.807, 2.05) is 30.3 Å². The van der Waals surface area contributed by atoms with Crippen molar-refractivity contribution in [3.05, 3.63) is 35.9 Å². The Morgan fingerprint density at radius 3 is 2.82 bits per heavy atom. The largest absolute Gasteiger partial charge is 0.465 e. The van der Waals surface area contributed by atoms with E-state index in [9.17, 15) is 4.79 Å². The van der Waals surface area contributed by atoms with Crippen LogP contribution >= 0.6 is 0 Å². The van der Waals surface area contributed by atoms with Crippen LogP contribution in [0.25, 0.3) is 0 Å². The van der Waals surface area contributed by atoms with Crippen LogP contribution in [0.4, 0.5) is 4.79 Å². The number of hydrogen-bond acceptors (Lipinski definition) is 2. The van der Waals surface area contributed by atoms with Gasteiger partial charge in [0, 0.05) is 6.04 Å². The van der Waals surface area contributed by atoms with Gasteiger partial charge in [0.15, 0.2) is 0 Å². The summed E-state index contributed by atoms with van der Waals surface area (Å²) in [6, 6.07) is 10.0. The molecule has 0 saturated carbocycles. The van der Waals surface area contributed by atoms with E-state index in [0.717, 1.165) is 25.9 Å². The standard InChI is InChI=1S/C13H18N2O2/c16-13(17)15-12(11-6-7-14-9-11)8-10-4-2-1-3-5-10/h1-5,11-12,14-15H,6-9H2,(H,16,17). The minimum absolute atomic E-state index is 0.00454. The maximum atomic E-state index is 10.8. The van der Waals surface area contributed by atoms with Crippen molar-refractivity contribution in [2.24, 2.45) is 5.92 Å². The molecule has 92 valence electrons. The van der Waals surface area contributed by atoms with E-state index in [0.29, 0.717) is 5.92 Å². The van der Waals surface area contributed by atoms with Gasteiger partial charge in [-0.15, -0.1) is 0 Å². The van der Waals surface area contributed by atoms with Gasteiger partial charge in [0.05, 0.1) is 0 Å². The van der Waals surface area contributed by atoms with Crippen LogP contribution in [0.1, 0.15) is 12.0 Å². The van der Waals surface area contributed by atoms with Gasteiger partial charge in [-0.05, 0) is 37.4 Å². The molecule has 1 saturated heterocycles. The number of carbonyl (C=O) groups is 1. The lowest BCUT2D eigenvalue weighted by molar-refractivity contribution is 0.185. The Morgan fingerprint density at radius 1 is 1.47 bits per heavy atom. The summed E-state index contributed by atoms with van der Waals surface area (Å²) in [6.45, 7) is 1.88. The smallest absolute Gasteiger partial charge is 0.404 e. The normalized spacial score (nSPS) is 21.1. The van der Waals surface area contributed by atoms with Crippen LogP contribution in [0.5, 0.6) is 0 Å². The Morgan fingerprint density at radius 2 is 2.24 bits per heavy atom. The molecule has 1 aromatic carbocycles. The van der Waals surface area contributed by atoms with E-state index in [-0.39, 0.29) is 6.04 Å². The van der Waals surface area contributed by atoms with E-state index < -0.39 is 6.09 Å². The molecule has 0 bridgehead atoms. The van der Waals surface area contributed by atoms with Crippen molar-refractivity contribution in [1.29, 1.82) is 0 Å². The van der Waals surface area contributed by atoms with Crippen molar-refractivity contribution in [2.75, 3.05) is 13.1 Å². The molecule has 0 aromatic heterocycles. The lowest BCUT2D eigenvalue weighted by atomic mass is 9.93. The minimum Gasteiger partial charge on any atom is -0.465 e. The molecule has 0 aliphatic carbocycles. The van der Waals surface area contributed by atoms with Gasteiger partial charge in [-0.1, -0.05) is 30.3 Å². The van der Waals surface area contributed by atoms with Crippen molar-refractivity contribution >= 4 is 6.09 Å². The predicted molar refractivity (Wildman–Crippen MR) is 66.1 cm³/mol. The van der Waals surface area contributed by atoms with E-state index in [4.69, 9.17) is 5.11 Å². The monoisotopic (exact) mass is 234 g/mol. The highest BCUT2D eigenvalue weighted by Crippen LogP contribution is 2.17. The molecule has 2 atom stereocenters. The second kappa shape index (κ2) is 5.68. The molecule has 1 aliphatic heterocycles. The summed E-state index contributed by atoms with van der Waals surface area (Å²) < 4.78 is 0. The molecular weight excluding hydrogens is 216 g/mol. The first-order valence-corrected chi connectivity index (χ1v) is 6.00. The van der Waals surface area contributed by atoms with E-state index >= 15 is 0 Å². The number of benzene rings is 1. The van der Waals surface area contributed by atoms with Crippen LogP contribution in [0, 0.1) is 5.92 Å². The summed E-state index contributed by atoms with van der Waals surface area (Å²) in [7, 11) is 0. The van der Waals surface area contributed by atoms with Gasteiger partial charge in [0.25, 0.3) is 0 Å². The lowest BCUT2D eigenvalue weighted by Gasteiger charge is -2.22. The molecule has 1 fully saturated rings. The Kier molecular flexibility index (Phi) is 3.98. The summed E-state index contributed by atoms with van der Waals surface area (Å²) >= 11 is 0. The Bertz CT molecular complexity index is 361. The summed E-state index contributed by atoms with van der Waals surface area (Å²) in [6.07, 6.45) is 0.870. The van der Waals surface area contributed by atoms with Crippen LogP contribution in [0.15, 0.2) is 30.3 Å². The van der Waals surface area contributed by atoms with Crippen LogP contribution in [-0.4, -0.2) is 30.3 Å². The molecule has 0 spiro atoms. The molecule has 3 N–H and O–H groups in total. The molecular formula is C13H18N2O2. The molecule has 4 nitrogen and oxygen atoms in total. The molecule has 1 amide bonds. The first-order valence-electron chi connectivity index (χ1n) is 6.00. The van der Waals surface area contributed by atoms with E-state index in [1.54, 1.807) is 0 Å². The highest BCUT2D eigenvalue weighted by atomic mass is 16.4. The zero-order valence-electron chi connectivity index (χ0n) is 9.73. The maximum absolute atomic E-state index is 10.8. The Hall–Kier alpha value is -1.55. The van der Waals surface area contributed by atoms with Crippen LogP contribution in [-0.2, 0) is 6.42 Å². The number of amides is 1. The van der Waals surface area contributed by atoms with Crippen molar-refractivity contribution < 1.29 is 9.90 Å². The van der Waals surface area contributed by atoms with Crippen LogP contribution in [0.2, 0.25) is 0 Å². The van der Waals surface area contributed by atoms with Gasteiger partial charge in [-0.25, -0.2) is 4.79 Å². The molecule has 1 aromatic rings. The first-order chi connectivity index (χ1) is 8.25. The second-order valence-electron chi connectivity index (χ2n) is 4.50. The quantitative estimate of drug-likeness (QED) is 0.739. The highest BCUT2D eigenvalue weighted by molar-refractivity contribution is 5.65. The molecule has 1 heterocycles. The fourth-order valence-corrected chi connectivity index (χ4v) is 2.38. The fourth-order valence-electron chi connectivity index (χ4n) is 2.38. The third-order valence-corrected chi connectivity index (χ3v) is 3.27. The fraction of sp³-hybridized carbons (Fsp3) is 0.462. The topological polar surface area (TPSA) is 61.4 Å². The van der Waals surface area contributed by atoms with Crippen molar-refractivity contribution in [3.63, 3.8) is 0 Å². The summed E-state index contributed by atoms with van der Waals surface area (Å²) in [4.78, 5) is 10.8. The number of carboxylic acid groups (broad SMARTS) is 1. The summed E-state index contributed by atoms with van der Waals surface area (Å²) in [5, 5.41) is 14.8. The van der Waals surface area contributed by atoms with Gasteiger partial charge in [0.1, 0.15) is 0 Å². The second-order valence-corrected chi connectivity index (χ2v) is 4.50. The Balaban J connectivity index is 2.02. The van der Waals surface area contributed by atoms with Gasteiger partial charge in [0.2, 0.25) is 0 Å². The molecule has 1 aliphatic rings. The van der Waals surface area contributed by atoms with Gasteiger partial charge < -0.3 is 15.7 Å². The number of nitrogens with one attached hydrogen (secondary N) is 2. The third-order valence-electron chi connectivity index (χ3n) is 3.27. The lowest BCUT2D eigenvalue weighted by Crippen LogP contribution is -2.42. The zero-order chi connectivity index (χ0) is 12.1. The van der Waals surface area contributed by atoms with Gasteiger partial charge in [-0.2, -0.15) is 0 Å². The average molecular weight is 234 g/mol. The van der Waals surface area contributed by atoms with E-state index in [2.05, 4.69) is 10.6 Å². The zero-order valence-corrected chi connectivity index (χ0v) is 9.73. The van der Waals surface area contributed by atoms with Crippen molar-refractivity contribution in [1.82, 2.24) is 10.6 Å². The summed E-state index contributed by atoms with van der Waals surface area (Å²) in [5.74, 6) is 0.395. The molecule has 2 rings (SSSR count). The average Bonchev–Trinajstić information content (AvgIpc) is 2.82. The Labute approximate surface area is 101 Å². The molecule has 17 heavy (non-hydrogen) atoms. The number of rotatable bonds is 4. The van der Waals surface area contributed by atoms with Gasteiger partial charge in [-0.3, -0.25) is 0 Å². The highest BCUT2D eigenvalue weighted by Gasteiger charge is 2.26.